The zero-order valence-electron chi connectivity index (χ0n) is 23.0. The second-order valence-electron chi connectivity index (χ2n) is 10.2. The van der Waals surface area contributed by atoms with Crippen LogP contribution in [0.5, 0.6) is 0 Å². The van der Waals surface area contributed by atoms with Crippen LogP contribution in [0.2, 0.25) is 0 Å². The molecule has 0 aromatic rings. The van der Waals surface area contributed by atoms with Crippen molar-refractivity contribution in [3.63, 3.8) is 0 Å². The van der Waals surface area contributed by atoms with Gasteiger partial charge in [0.15, 0.2) is 0 Å². The molecule has 0 radical (unpaired) electrons. The van der Waals surface area contributed by atoms with Gasteiger partial charge in [0.1, 0.15) is 12.1 Å². The molecule has 18 heteroatoms. The molecule has 0 N–H and O–H groups in total. The molecule has 11 nitrogen and oxygen atoms in total. The fourth-order valence-electron chi connectivity index (χ4n) is 1.51. The maximum absolute atomic E-state index is 12.1. The fraction of sp³-hybridized carbons (Fsp3) is 0.944. The Balaban J connectivity index is -0.000000223. The standard InChI is InChI=1S/C9H20ClO4P.C8H17O4P.CH2Cl2O3S.K/c1-8(2,3)13-15(11,12-7-10)14-9(4,5)6;1-7(2,3)11-13(9,10)12-8(4,5)6;2-1-6-7(3,4)5;/h7H2,1-6H3;1H2,2-6H3;1H2;/q;;;+1. The number of rotatable bonds is 9. The summed E-state index contributed by atoms with van der Waals surface area (Å²) in [5.41, 5.74) is -3.01. The molecule has 0 amide bonds. The number of phosphoric ester groups is 2. The van der Waals surface area contributed by atoms with Gasteiger partial charge in [0.2, 0.25) is 5.60 Å². The first kappa shape index (κ1) is 45.5. The van der Waals surface area contributed by atoms with Crippen LogP contribution in [-0.4, -0.2) is 43.0 Å². The van der Waals surface area contributed by atoms with Crippen LogP contribution in [0, 0.1) is 6.92 Å². The number of phosphoric acid groups is 2. The summed E-state index contributed by atoms with van der Waals surface area (Å²) in [7, 11) is -7.18. The predicted octanol–water partition coefficient (Wildman–Crippen LogP) is 3.52. The first-order valence-corrected chi connectivity index (χ1v) is 16.1. The summed E-state index contributed by atoms with van der Waals surface area (Å²) in [6, 6.07) is -0.671. The van der Waals surface area contributed by atoms with E-state index in [1.54, 1.807) is 76.2 Å². The Morgan fingerprint density at radius 3 is 1.25 bits per heavy atom. The van der Waals surface area contributed by atoms with Crippen molar-refractivity contribution in [3.8, 4) is 0 Å². The van der Waals surface area contributed by atoms with Gasteiger partial charge in [-0.1, -0.05) is 23.2 Å². The summed E-state index contributed by atoms with van der Waals surface area (Å²) < 4.78 is 71.2. The maximum Gasteiger partial charge on any atom is 1.00 e. The van der Waals surface area contributed by atoms with Crippen LogP contribution in [0.3, 0.4) is 0 Å². The third-order valence-corrected chi connectivity index (χ3v) is 6.55. The van der Waals surface area contributed by atoms with Crippen LogP contribution in [0.4, 0.5) is 0 Å². The minimum Gasteiger partial charge on any atom is -0.756 e. The van der Waals surface area contributed by atoms with Crippen LogP contribution in [0.1, 0.15) is 76.2 Å². The smallest absolute Gasteiger partial charge is 0.756 e. The van der Waals surface area contributed by atoms with Crippen LogP contribution >= 0.6 is 49.5 Å². The summed E-state index contributed by atoms with van der Waals surface area (Å²) in [5.74, 6) is 0. The molecule has 0 rings (SSSR count). The Labute approximate surface area is 274 Å². The Hall–Kier alpha value is 2.51. The van der Waals surface area contributed by atoms with Gasteiger partial charge in [-0.2, -0.15) is 8.42 Å². The summed E-state index contributed by atoms with van der Waals surface area (Å²) in [5, 5.41) is 0. The van der Waals surface area contributed by atoms with E-state index in [1.807, 2.05) is 0 Å². The molecule has 1 atom stereocenters. The first-order valence-electron chi connectivity index (χ1n) is 9.90. The molecule has 0 aliphatic carbocycles. The molecule has 0 aromatic heterocycles. The molecule has 1 unspecified atom stereocenters. The predicted molar refractivity (Wildman–Crippen MR) is 137 cm³/mol. The van der Waals surface area contributed by atoms with Crippen molar-refractivity contribution in [2.75, 3.05) is 12.1 Å². The van der Waals surface area contributed by atoms with Gasteiger partial charge in [0, 0.05) is 24.5 Å². The minimum atomic E-state index is -4.25. The third kappa shape index (κ3) is 38.7. The molecule has 0 fully saturated rings. The molecule has 0 saturated heterocycles. The van der Waals surface area contributed by atoms with Crippen molar-refractivity contribution in [2.45, 2.75) is 98.6 Å². The van der Waals surface area contributed by atoms with E-state index >= 15 is 0 Å². The van der Waals surface area contributed by atoms with Gasteiger partial charge in [-0.15, -0.1) is 0 Å². The first-order chi connectivity index (χ1) is 14.9. The van der Waals surface area contributed by atoms with Crippen LogP contribution in [-0.2, 0) is 45.3 Å². The fourth-order valence-corrected chi connectivity index (χ4v) is 5.52. The molecular formula is C18H39Cl3KO11P2S+. The monoisotopic (exact) mass is 669 g/mol. The Kier molecular flexibility index (Phi) is 22.9. The molecule has 0 heterocycles. The zero-order chi connectivity index (χ0) is 29.2. The van der Waals surface area contributed by atoms with E-state index in [4.69, 9.17) is 41.3 Å². The molecule has 0 saturated carbocycles. The van der Waals surface area contributed by atoms with E-state index in [-0.39, 0.29) is 57.5 Å². The van der Waals surface area contributed by atoms with Crippen molar-refractivity contribution < 1.29 is 101 Å². The van der Waals surface area contributed by atoms with Gasteiger partial charge in [0.05, 0.1) is 23.7 Å². The summed E-state index contributed by atoms with van der Waals surface area (Å²) >= 11 is 10.2. The Bertz CT molecular complexity index is 763. The zero-order valence-corrected chi connectivity index (χ0v) is 31.0. The molecule has 0 spiro atoms. The van der Waals surface area contributed by atoms with Crippen LogP contribution < -0.4 is 56.3 Å². The molecule has 0 aliphatic heterocycles. The number of hydrogen-bond acceptors (Lipinski definition) is 11. The summed E-state index contributed by atoms with van der Waals surface area (Å²) in [6.45, 7) is 22.1. The van der Waals surface area contributed by atoms with Crippen molar-refractivity contribution in [2.24, 2.45) is 0 Å². The molecule has 0 aliphatic rings. The second kappa shape index (κ2) is 18.1. The van der Waals surface area contributed by atoms with Gasteiger partial charge in [-0.05, 0) is 62.3 Å². The third-order valence-electron chi connectivity index (χ3n) is 1.91. The number of halogens is 3. The van der Waals surface area contributed by atoms with E-state index < -0.39 is 53.4 Å². The van der Waals surface area contributed by atoms with Gasteiger partial charge in [-0.3, -0.25) is 22.7 Å². The second-order valence-corrected chi connectivity index (χ2v) is 15.6. The normalized spacial score (nSPS) is 14.9. The Morgan fingerprint density at radius 1 is 0.750 bits per heavy atom. The van der Waals surface area contributed by atoms with Crippen molar-refractivity contribution >= 4 is 58.9 Å². The van der Waals surface area contributed by atoms with Crippen molar-refractivity contribution in [3.05, 3.63) is 6.92 Å². The van der Waals surface area contributed by atoms with Gasteiger partial charge in [0.25, 0.3) is 7.82 Å². The van der Waals surface area contributed by atoms with Crippen molar-refractivity contribution in [1.82, 2.24) is 0 Å². The average Bonchev–Trinajstić information content (AvgIpc) is 2.36. The quantitative estimate of drug-likeness (QED) is 0.117. The van der Waals surface area contributed by atoms with Crippen LogP contribution in [0.15, 0.2) is 0 Å². The molecule has 36 heavy (non-hydrogen) atoms. The number of alkyl halides is 2. The molecule has 0 bridgehead atoms. The van der Waals surface area contributed by atoms with E-state index in [0.717, 1.165) is 0 Å². The van der Waals surface area contributed by atoms with Gasteiger partial charge < -0.3 is 9.42 Å². The molecular weight excluding hydrogens is 632 g/mol. The molecule has 214 valence electrons. The topological polar surface area (TPSA) is 147 Å². The van der Waals surface area contributed by atoms with E-state index in [2.05, 4.69) is 26.3 Å². The van der Waals surface area contributed by atoms with Gasteiger partial charge >= 0.3 is 68.5 Å². The van der Waals surface area contributed by atoms with Crippen LogP contribution in [0.25, 0.3) is 0 Å². The van der Waals surface area contributed by atoms with Crippen molar-refractivity contribution in [1.29, 1.82) is 0 Å². The maximum atomic E-state index is 12.1. The minimum absolute atomic E-state index is 0. The summed E-state index contributed by atoms with van der Waals surface area (Å²) in [4.78, 5) is 11.2. The largest absolute Gasteiger partial charge is 1.00 e. The van der Waals surface area contributed by atoms with E-state index in [0.29, 0.717) is 0 Å². The van der Waals surface area contributed by atoms with E-state index in [1.165, 1.54) is 0 Å². The van der Waals surface area contributed by atoms with E-state index in [9.17, 15) is 22.4 Å². The number of hydrogen-bond donors (Lipinski definition) is 0. The summed E-state index contributed by atoms with van der Waals surface area (Å²) in [6.07, 6.45) is 0. The SMILES string of the molecule is CC(C)(C)OP(=O)(OCCl)OC(C)(C)C.O=S(=O)(Cl)OCCl.[CH2+]C(C)(C)OP(=O)([O-])OC(C)(C)C.[K+]. The van der Waals surface area contributed by atoms with Gasteiger partial charge in [-0.25, -0.2) is 8.75 Å². The Morgan fingerprint density at radius 2 is 1.08 bits per heavy atom. The molecule has 0 aromatic carbocycles. The average molecular weight is 671 g/mol.